The van der Waals surface area contributed by atoms with Crippen LogP contribution in [0.3, 0.4) is 0 Å². The third-order valence-electron chi connectivity index (χ3n) is 5.72. The summed E-state index contributed by atoms with van der Waals surface area (Å²) in [5.74, 6) is 1.53. The Kier molecular flexibility index (Phi) is 6.96. The first-order valence-electron chi connectivity index (χ1n) is 11.8. The number of anilines is 1. The number of aromatic nitrogens is 1. The van der Waals surface area contributed by atoms with Crippen LogP contribution in [0.25, 0.3) is 20.8 Å². The van der Waals surface area contributed by atoms with Gasteiger partial charge in [-0.2, -0.15) is 0 Å². The number of hydrogen-bond donors (Lipinski definition) is 1. The van der Waals surface area contributed by atoms with Gasteiger partial charge in [0, 0.05) is 17.8 Å². The Morgan fingerprint density at radius 2 is 1.63 bits per heavy atom. The molecule has 0 aliphatic carbocycles. The summed E-state index contributed by atoms with van der Waals surface area (Å²) in [6, 6.07) is 31.1. The number of thiazole rings is 1. The smallest absolute Gasteiger partial charge is 0.161 e. The third-order valence-corrected chi connectivity index (χ3v) is 6.78. The zero-order valence-electron chi connectivity index (χ0n) is 20.0. The molecule has 0 aliphatic heterocycles. The van der Waals surface area contributed by atoms with E-state index < -0.39 is 0 Å². The van der Waals surface area contributed by atoms with Crippen LogP contribution in [-0.4, -0.2) is 11.6 Å². The van der Waals surface area contributed by atoms with Crippen molar-refractivity contribution in [3.8, 4) is 22.1 Å². The first-order chi connectivity index (χ1) is 17.2. The minimum Gasteiger partial charge on any atom is -0.490 e. The molecule has 0 bridgehead atoms. The first-order valence-corrected chi connectivity index (χ1v) is 12.6. The number of nitrogens with zero attached hydrogens (tertiary/aromatic N) is 1. The number of aryl methyl sites for hydroxylation is 1. The number of rotatable bonds is 9. The Morgan fingerprint density at radius 3 is 2.43 bits per heavy atom. The summed E-state index contributed by atoms with van der Waals surface area (Å²) in [6.07, 6.45) is 0. The third kappa shape index (κ3) is 5.64. The summed E-state index contributed by atoms with van der Waals surface area (Å²) < 4.78 is 13.1. The SMILES string of the molecule is CCOc1cc(CNc2ccc(-c3nc4ccc(C)cc4s3)cc2)ccc1OCc1ccccc1. The molecule has 0 unspecified atom stereocenters. The van der Waals surface area contributed by atoms with Gasteiger partial charge in [0.05, 0.1) is 16.8 Å². The topological polar surface area (TPSA) is 43.4 Å². The molecule has 1 aromatic heterocycles. The molecule has 5 rings (SSSR count). The van der Waals surface area contributed by atoms with Crippen LogP contribution < -0.4 is 14.8 Å². The fourth-order valence-corrected chi connectivity index (χ4v) is 4.94. The highest BCUT2D eigenvalue weighted by Gasteiger charge is 2.09. The van der Waals surface area contributed by atoms with Crippen molar-refractivity contribution in [3.05, 3.63) is 108 Å². The van der Waals surface area contributed by atoms with Crippen molar-refractivity contribution < 1.29 is 9.47 Å². The lowest BCUT2D eigenvalue weighted by atomic mass is 10.1. The predicted octanol–water partition coefficient (Wildman–Crippen LogP) is 7.86. The Balaban J connectivity index is 1.24. The van der Waals surface area contributed by atoms with Crippen molar-refractivity contribution >= 4 is 27.2 Å². The van der Waals surface area contributed by atoms with Gasteiger partial charge in [0.15, 0.2) is 11.5 Å². The minimum absolute atomic E-state index is 0.513. The molecular formula is C30H28N2O2S. The van der Waals surface area contributed by atoms with E-state index in [4.69, 9.17) is 14.5 Å². The van der Waals surface area contributed by atoms with Crippen LogP contribution in [0.1, 0.15) is 23.6 Å². The highest BCUT2D eigenvalue weighted by molar-refractivity contribution is 7.21. The fraction of sp³-hybridized carbons (Fsp3) is 0.167. The van der Waals surface area contributed by atoms with Crippen LogP contribution in [0.4, 0.5) is 5.69 Å². The summed E-state index contributed by atoms with van der Waals surface area (Å²) in [7, 11) is 0. The van der Waals surface area contributed by atoms with Gasteiger partial charge in [0.1, 0.15) is 11.6 Å². The Labute approximate surface area is 210 Å². The molecule has 5 heteroatoms. The molecule has 0 aliphatic rings. The van der Waals surface area contributed by atoms with E-state index in [0.717, 1.165) is 44.4 Å². The van der Waals surface area contributed by atoms with Crippen molar-refractivity contribution in [1.29, 1.82) is 0 Å². The van der Waals surface area contributed by atoms with Gasteiger partial charge >= 0.3 is 0 Å². The fourth-order valence-electron chi connectivity index (χ4n) is 3.88. The standard InChI is InChI=1S/C30H28N2O2S/c1-3-33-28-18-23(10-16-27(28)34-20-22-7-5-4-6-8-22)19-31-25-13-11-24(12-14-25)30-32-26-15-9-21(2)17-29(26)35-30/h4-18,31H,3,19-20H2,1-2H3. The molecule has 35 heavy (non-hydrogen) atoms. The van der Waals surface area contributed by atoms with Crippen molar-refractivity contribution in [3.63, 3.8) is 0 Å². The number of ether oxygens (including phenoxy) is 2. The van der Waals surface area contributed by atoms with E-state index in [9.17, 15) is 0 Å². The average Bonchev–Trinajstić information content (AvgIpc) is 3.31. The second-order valence-corrected chi connectivity index (χ2v) is 9.44. The molecule has 0 spiro atoms. The molecule has 0 amide bonds. The van der Waals surface area contributed by atoms with Crippen molar-refractivity contribution in [1.82, 2.24) is 4.98 Å². The molecule has 0 radical (unpaired) electrons. The number of nitrogens with one attached hydrogen (secondary N) is 1. The Morgan fingerprint density at radius 1 is 0.800 bits per heavy atom. The van der Waals surface area contributed by atoms with Gasteiger partial charge < -0.3 is 14.8 Å². The molecule has 0 fully saturated rings. The van der Waals surface area contributed by atoms with E-state index in [1.165, 1.54) is 10.3 Å². The summed E-state index contributed by atoms with van der Waals surface area (Å²) >= 11 is 1.73. The summed E-state index contributed by atoms with van der Waals surface area (Å²) in [4.78, 5) is 4.79. The molecule has 4 nitrogen and oxygen atoms in total. The van der Waals surface area contributed by atoms with Crippen LogP contribution in [0.5, 0.6) is 11.5 Å². The van der Waals surface area contributed by atoms with Crippen LogP contribution >= 0.6 is 11.3 Å². The second-order valence-electron chi connectivity index (χ2n) is 8.41. The van der Waals surface area contributed by atoms with Gasteiger partial charge in [-0.3, -0.25) is 0 Å². The van der Waals surface area contributed by atoms with E-state index >= 15 is 0 Å². The largest absolute Gasteiger partial charge is 0.490 e. The summed E-state index contributed by atoms with van der Waals surface area (Å²) in [5.41, 5.74) is 6.77. The number of fused-ring (bicyclic) bond motifs is 1. The van der Waals surface area contributed by atoms with E-state index in [1.807, 2.05) is 37.3 Å². The molecular weight excluding hydrogens is 452 g/mol. The van der Waals surface area contributed by atoms with Gasteiger partial charge in [0.2, 0.25) is 0 Å². The lowest BCUT2D eigenvalue weighted by Crippen LogP contribution is -2.03. The molecule has 176 valence electrons. The molecule has 0 atom stereocenters. The van der Waals surface area contributed by atoms with Crippen molar-refractivity contribution in [2.45, 2.75) is 27.0 Å². The quantitative estimate of drug-likeness (QED) is 0.233. The summed E-state index contributed by atoms with van der Waals surface area (Å²) in [5, 5.41) is 4.55. The van der Waals surface area contributed by atoms with E-state index in [1.54, 1.807) is 11.3 Å². The monoisotopic (exact) mass is 480 g/mol. The normalized spacial score (nSPS) is 10.9. The molecule has 0 saturated heterocycles. The summed E-state index contributed by atoms with van der Waals surface area (Å²) in [6.45, 7) is 5.89. The predicted molar refractivity (Wildman–Crippen MR) is 146 cm³/mol. The highest BCUT2D eigenvalue weighted by Crippen LogP contribution is 2.32. The van der Waals surface area contributed by atoms with Crippen LogP contribution in [0, 0.1) is 6.92 Å². The maximum atomic E-state index is 6.03. The van der Waals surface area contributed by atoms with Gasteiger partial charge in [-0.15, -0.1) is 11.3 Å². The lowest BCUT2D eigenvalue weighted by molar-refractivity contribution is 0.269. The van der Waals surface area contributed by atoms with Gasteiger partial charge in [-0.1, -0.05) is 42.5 Å². The minimum atomic E-state index is 0.513. The van der Waals surface area contributed by atoms with Crippen molar-refractivity contribution in [2.24, 2.45) is 0 Å². The molecule has 1 N–H and O–H groups in total. The average molecular weight is 481 g/mol. The maximum Gasteiger partial charge on any atom is 0.161 e. The molecule has 5 aromatic rings. The maximum absolute atomic E-state index is 6.03. The lowest BCUT2D eigenvalue weighted by Gasteiger charge is -2.14. The van der Waals surface area contributed by atoms with E-state index in [2.05, 4.69) is 72.9 Å². The molecule has 1 heterocycles. The zero-order chi connectivity index (χ0) is 24.0. The Hall–Kier alpha value is -3.83. The second kappa shape index (κ2) is 10.6. The number of hydrogen-bond acceptors (Lipinski definition) is 5. The van der Waals surface area contributed by atoms with Gasteiger partial charge in [0.25, 0.3) is 0 Å². The molecule has 4 aromatic carbocycles. The van der Waals surface area contributed by atoms with Gasteiger partial charge in [-0.05, 0) is 79.1 Å². The van der Waals surface area contributed by atoms with Gasteiger partial charge in [-0.25, -0.2) is 4.98 Å². The zero-order valence-corrected chi connectivity index (χ0v) is 20.8. The van der Waals surface area contributed by atoms with Crippen LogP contribution in [0.2, 0.25) is 0 Å². The number of benzene rings is 4. The van der Waals surface area contributed by atoms with E-state index in [0.29, 0.717) is 19.8 Å². The van der Waals surface area contributed by atoms with Crippen LogP contribution in [0.15, 0.2) is 91.0 Å². The van der Waals surface area contributed by atoms with Crippen LogP contribution in [-0.2, 0) is 13.2 Å². The highest BCUT2D eigenvalue weighted by atomic mass is 32.1. The van der Waals surface area contributed by atoms with Crippen molar-refractivity contribution in [2.75, 3.05) is 11.9 Å². The first kappa shape index (κ1) is 22.9. The molecule has 0 saturated carbocycles. The Bertz CT molecular complexity index is 1410. The van der Waals surface area contributed by atoms with E-state index in [-0.39, 0.29) is 0 Å².